The molecule has 0 unspecified atom stereocenters. The van der Waals surface area contributed by atoms with Gasteiger partial charge in [0.1, 0.15) is 0 Å². The third kappa shape index (κ3) is 2.81. The lowest BCUT2D eigenvalue weighted by Gasteiger charge is -2.25. The zero-order valence-corrected chi connectivity index (χ0v) is 9.33. The van der Waals surface area contributed by atoms with Crippen LogP contribution in [0.5, 0.6) is 0 Å². The molecule has 1 N–H and O–H groups in total. The number of rotatable bonds is 2. The monoisotopic (exact) mass is 238 g/mol. The first-order valence-corrected chi connectivity index (χ1v) is 5.31. The van der Waals surface area contributed by atoms with Crippen LogP contribution in [0.2, 0.25) is 5.02 Å². The highest BCUT2D eigenvalue weighted by atomic mass is 35.5. The lowest BCUT2D eigenvalue weighted by atomic mass is 10.2. The summed E-state index contributed by atoms with van der Waals surface area (Å²) < 4.78 is 0. The molecule has 4 nitrogen and oxygen atoms in total. The van der Waals surface area contributed by atoms with Gasteiger partial charge in [-0.2, -0.15) is 0 Å². The highest BCUT2D eigenvalue weighted by Gasteiger charge is 2.22. The molecule has 1 heterocycles. The molecule has 0 saturated carbocycles. The van der Waals surface area contributed by atoms with Gasteiger partial charge in [0.25, 0.3) is 0 Å². The van der Waals surface area contributed by atoms with Crippen LogP contribution in [-0.4, -0.2) is 29.8 Å². The lowest BCUT2D eigenvalue weighted by Crippen LogP contribution is -2.50. The van der Waals surface area contributed by atoms with Crippen LogP contribution in [0.1, 0.15) is 5.56 Å². The van der Waals surface area contributed by atoms with Crippen molar-refractivity contribution in [3.05, 3.63) is 34.9 Å². The fourth-order valence-corrected chi connectivity index (χ4v) is 1.91. The maximum atomic E-state index is 11.1. The number of amides is 2. The lowest BCUT2D eigenvalue weighted by molar-refractivity contribution is -0.136. The molecule has 1 saturated heterocycles. The first-order valence-electron chi connectivity index (χ1n) is 4.93. The van der Waals surface area contributed by atoms with Crippen molar-refractivity contribution < 1.29 is 9.59 Å². The Morgan fingerprint density at radius 2 is 1.94 bits per heavy atom. The summed E-state index contributed by atoms with van der Waals surface area (Å²) in [7, 11) is 0. The van der Waals surface area contributed by atoms with Crippen molar-refractivity contribution in [3.8, 4) is 0 Å². The molecule has 84 valence electrons. The highest BCUT2D eigenvalue weighted by molar-refractivity contribution is 6.30. The normalized spacial score (nSPS) is 17.3. The average molecular weight is 239 g/mol. The number of benzene rings is 1. The van der Waals surface area contributed by atoms with E-state index < -0.39 is 0 Å². The number of carbonyl (C=O) groups is 2. The van der Waals surface area contributed by atoms with Crippen LogP contribution in [-0.2, 0) is 16.1 Å². The van der Waals surface area contributed by atoms with Gasteiger partial charge in [0.05, 0.1) is 13.1 Å². The van der Waals surface area contributed by atoms with E-state index in [1.54, 1.807) is 11.0 Å². The molecule has 1 fully saturated rings. The summed E-state index contributed by atoms with van der Waals surface area (Å²) in [4.78, 5) is 24.1. The Morgan fingerprint density at radius 3 is 2.56 bits per heavy atom. The molecule has 2 amide bonds. The fraction of sp³-hybridized carbons (Fsp3) is 0.273. The zero-order chi connectivity index (χ0) is 11.5. The molecule has 0 spiro atoms. The Kier molecular flexibility index (Phi) is 3.22. The van der Waals surface area contributed by atoms with Gasteiger partial charge in [0, 0.05) is 11.6 Å². The van der Waals surface area contributed by atoms with E-state index in [9.17, 15) is 9.59 Å². The maximum absolute atomic E-state index is 11.1. The second-order valence-electron chi connectivity index (χ2n) is 3.75. The van der Waals surface area contributed by atoms with Crippen LogP contribution in [0.3, 0.4) is 0 Å². The molecule has 1 aromatic rings. The van der Waals surface area contributed by atoms with E-state index in [1.807, 2.05) is 18.2 Å². The zero-order valence-electron chi connectivity index (χ0n) is 8.57. The number of imide groups is 1. The minimum Gasteiger partial charge on any atom is -0.294 e. The Bertz CT molecular complexity index is 418. The van der Waals surface area contributed by atoms with Crippen LogP contribution in [0.25, 0.3) is 0 Å². The molecule has 1 aromatic carbocycles. The number of nitrogens with zero attached hydrogens (tertiary/aromatic N) is 1. The van der Waals surface area contributed by atoms with Crippen molar-refractivity contribution in [1.82, 2.24) is 10.2 Å². The molecule has 0 aliphatic carbocycles. The van der Waals surface area contributed by atoms with Gasteiger partial charge >= 0.3 is 0 Å². The van der Waals surface area contributed by atoms with Gasteiger partial charge in [-0.25, -0.2) is 0 Å². The van der Waals surface area contributed by atoms with Crippen LogP contribution in [0.4, 0.5) is 0 Å². The van der Waals surface area contributed by atoms with E-state index in [2.05, 4.69) is 5.32 Å². The van der Waals surface area contributed by atoms with E-state index in [0.29, 0.717) is 11.6 Å². The van der Waals surface area contributed by atoms with Crippen molar-refractivity contribution in [2.45, 2.75) is 6.54 Å². The molecular formula is C11H11ClN2O2. The molecule has 0 atom stereocenters. The topological polar surface area (TPSA) is 49.4 Å². The summed E-state index contributed by atoms with van der Waals surface area (Å²) in [6.07, 6.45) is 0. The van der Waals surface area contributed by atoms with Crippen LogP contribution in [0, 0.1) is 0 Å². The van der Waals surface area contributed by atoms with Gasteiger partial charge in [0.2, 0.25) is 11.8 Å². The van der Waals surface area contributed by atoms with Crippen molar-refractivity contribution in [3.63, 3.8) is 0 Å². The summed E-state index contributed by atoms with van der Waals surface area (Å²) in [5.74, 6) is -0.503. The summed E-state index contributed by atoms with van der Waals surface area (Å²) in [5, 5.41) is 2.92. The highest BCUT2D eigenvalue weighted by Crippen LogP contribution is 2.13. The molecule has 0 aromatic heterocycles. The third-order valence-corrected chi connectivity index (χ3v) is 2.54. The number of halogens is 1. The molecule has 2 rings (SSSR count). The molecule has 16 heavy (non-hydrogen) atoms. The Balaban J connectivity index is 2.04. The van der Waals surface area contributed by atoms with Crippen LogP contribution < -0.4 is 5.32 Å². The van der Waals surface area contributed by atoms with Crippen molar-refractivity contribution >= 4 is 23.4 Å². The standard InChI is InChI=1S/C11H11ClN2O2/c12-9-3-1-2-8(4-9)5-14-6-10(15)13-11(16)7-14/h1-4H,5-7H2,(H,13,15,16). The fourth-order valence-electron chi connectivity index (χ4n) is 1.70. The van der Waals surface area contributed by atoms with E-state index >= 15 is 0 Å². The van der Waals surface area contributed by atoms with Crippen LogP contribution in [0.15, 0.2) is 24.3 Å². The van der Waals surface area contributed by atoms with E-state index in [-0.39, 0.29) is 24.9 Å². The Labute approximate surface area is 98.2 Å². The first-order chi connectivity index (χ1) is 7.63. The molecule has 1 aliphatic heterocycles. The van der Waals surface area contributed by atoms with Crippen molar-refractivity contribution in [2.24, 2.45) is 0 Å². The minimum atomic E-state index is -0.252. The quantitative estimate of drug-likeness (QED) is 0.776. The Hall–Kier alpha value is -1.39. The molecule has 0 bridgehead atoms. The molecule has 5 heteroatoms. The molecule has 0 radical (unpaired) electrons. The van der Waals surface area contributed by atoms with Gasteiger partial charge in [-0.3, -0.25) is 19.8 Å². The van der Waals surface area contributed by atoms with Crippen molar-refractivity contribution in [2.75, 3.05) is 13.1 Å². The van der Waals surface area contributed by atoms with Gasteiger partial charge in [0.15, 0.2) is 0 Å². The summed E-state index contributed by atoms with van der Waals surface area (Å²) in [6.45, 7) is 1.05. The third-order valence-electron chi connectivity index (χ3n) is 2.31. The van der Waals surface area contributed by atoms with Gasteiger partial charge < -0.3 is 0 Å². The second-order valence-corrected chi connectivity index (χ2v) is 4.18. The molecule has 1 aliphatic rings. The van der Waals surface area contributed by atoms with Gasteiger partial charge in [-0.15, -0.1) is 0 Å². The number of nitrogens with one attached hydrogen (secondary N) is 1. The average Bonchev–Trinajstić information content (AvgIpc) is 2.15. The molecular weight excluding hydrogens is 228 g/mol. The van der Waals surface area contributed by atoms with Gasteiger partial charge in [-0.1, -0.05) is 23.7 Å². The number of hydrogen-bond acceptors (Lipinski definition) is 3. The van der Waals surface area contributed by atoms with Crippen LogP contribution >= 0.6 is 11.6 Å². The number of carbonyl (C=O) groups excluding carboxylic acids is 2. The maximum Gasteiger partial charge on any atom is 0.240 e. The minimum absolute atomic E-state index is 0.248. The number of hydrogen-bond donors (Lipinski definition) is 1. The largest absolute Gasteiger partial charge is 0.294 e. The SMILES string of the molecule is O=C1CN(Cc2cccc(Cl)c2)CC(=O)N1. The smallest absolute Gasteiger partial charge is 0.240 e. The predicted octanol–water partition coefficient (Wildman–Crippen LogP) is 0.798. The van der Waals surface area contributed by atoms with Crippen molar-refractivity contribution in [1.29, 1.82) is 0 Å². The number of piperazine rings is 1. The van der Waals surface area contributed by atoms with Gasteiger partial charge in [-0.05, 0) is 17.7 Å². The first kappa shape index (κ1) is 11.1. The Morgan fingerprint density at radius 1 is 1.25 bits per heavy atom. The predicted molar refractivity (Wildman–Crippen MR) is 59.9 cm³/mol. The van der Waals surface area contributed by atoms with E-state index in [4.69, 9.17) is 11.6 Å². The second kappa shape index (κ2) is 4.63. The van der Waals surface area contributed by atoms with E-state index in [1.165, 1.54) is 0 Å². The van der Waals surface area contributed by atoms with E-state index in [0.717, 1.165) is 5.56 Å². The summed E-state index contributed by atoms with van der Waals surface area (Å²) in [5.41, 5.74) is 0.995. The summed E-state index contributed by atoms with van der Waals surface area (Å²) >= 11 is 5.86. The summed E-state index contributed by atoms with van der Waals surface area (Å²) in [6, 6.07) is 7.39.